The predicted molar refractivity (Wildman–Crippen MR) is 84.4 cm³/mol. The van der Waals surface area contributed by atoms with Crippen LogP contribution in [0.3, 0.4) is 0 Å². The lowest BCUT2D eigenvalue weighted by Gasteiger charge is -2.42. The number of nitrogens with zero attached hydrogens (tertiary/aromatic N) is 1. The number of fused-ring (bicyclic) bond motifs is 1. The van der Waals surface area contributed by atoms with E-state index in [0.29, 0.717) is 18.9 Å². The van der Waals surface area contributed by atoms with Gasteiger partial charge in [-0.3, -0.25) is 0 Å². The Morgan fingerprint density at radius 1 is 1.22 bits per heavy atom. The van der Waals surface area contributed by atoms with Crippen LogP contribution in [0.4, 0.5) is 4.39 Å². The summed E-state index contributed by atoms with van der Waals surface area (Å²) in [5.74, 6) is 0.0499. The number of morpholine rings is 1. The van der Waals surface area contributed by atoms with Gasteiger partial charge in [-0.15, -0.1) is 0 Å². The van der Waals surface area contributed by atoms with E-state index in [1.54, 1.807) is 4.31 Å². The summed E-state index contributed by atoms with van der Waals surface area (Å²) in [5, 5.41) is 0. The van der Waals surface area contributed by atoms with Gasteiger partial charge in [0.2, 0.25) is 10.0 Å². The Morgan fingerprint density at radius 3 is 2.74 bits per heavy atom. The molecular weight excluding hydrogens is 321 g/mol. The molecule has 0 bridgehead atoms. The molecule has 1 saturated carbocycles. The third-order valence-electron chi connectivity index (χ3n) is 4.46. The number of hydrogen-bond acceptors (Lipinski definition) is 4. The third-order valence-corrected chi connectivity index (χ3v) is 6.31. The number of ether oxygens (including phenoxy) is 2. The van der Waals surface area contributed by atoms with Gasteiger partial charge in [0.25, 0.3) is 0 Å². The SMILES string of the molecule is O=S(=O)(CCOc1ccc(F)cc1)N1CCOC2CCCCC21. The topological polar surface area (TPSA) is 55.8 Å². The van der Waals surface area contributed by atoms with Crippen LogP contribution in [0.2, 0.25) is 0 Å². The summed E-state index contributed by atoms with van der Waals surface area (Å²) in [5.41, 5.74) is 0. The highest BCUT2D eigenvalue weighted by molar-refractivity contribution is 7.89. The second-order valence-electron chi connectivity index (χ2n) is 5.99. The Balaban J connectivity index is 1.58. The molecule has 1 aromatic rings. The zero-order valence-corrected chi connectivity index (χ0v) is 13.8. The van der Waals surface area contributed by atoms with Gasteiger partial charge in [0.15, 0.2) is 0 Å². The van der Waals surface area contributed by atoms with Crippen LogP contribution in [-0.2, 0) is 14.8 Å². The first-order chi connectivity index (χ1) is 11.1. The second-order valence-corrected chi connectivity index (χ2v) is 8.03. The van der Waals surface area contributed by atoms with Gasteiger partial charge in [0, 0.05) is 6.54 Å². The van der Waals surface area contributed by atoms with Gasteiger partial charge in [0.05, 0.1) is 24.5 Å². The number of sulfonamides is 1. The Labute approximate surface area is 136 Å². The molecule has 1 aliphatic carbocycles. The molecule has 2 atom stereocenters. The normalized spacial score (nSPS) is 25.8. The molecule has 1 aromatic carbocycles. The van der Waals surface area contributed by atoms with E-state index in [4.69, 9.17) is 9.47 Å². The van der Waals surface area contributed by atoms with Crippen molar-refractivity contribution >= 4 is 10.0 Å². The van der Waals surface area contributed by atoms with E-state index in [1.807, 2.05) is 0 Å². The van der Waals surface area contributed by atoms with E-state index in [9.17, 15) is 12.8 Å². The fourth-order valence-electron chi connectivity index (χ4n) is 3.32. The molecule has 3 rings (SSSR count). The summed E-state index contributed by atoms with van der Waals surface area (Å²) in [6.45, 7) is 0.933. The lowest BCUT2D eigenvalue weighted by molar-refractivity contribution is -0.0586. The van der Waals surface area contributed by atoms with Crippen LogP contribution in [0.25, 0.3) is 0 Å². The quantitative estimate of drug-likeness (QED) is 0.822. The first-order valence-electron chi connectivity index (χ1n) is 8.06. The molecule has 0 spiro atoms. The fourth-order valence-corrected chi connectivity index (χ4v) is 4.85. The van der Waals surface area contributed by atoms with Crippen LogP contribution < -0.4 is 4.74 Å². The third kappa shape index (κ3) is 4.02. The van der Waals surface area contributed by atoms with Crippen molar-refractivity contribution in [1.29, 1.82) is 0 Å². The summed E-state index contributed by atoms with van der Waals surface area (Å²) >= 11 is 0. The van der Waals surface area contributed by atoms with Gasteiger partial charge in [-0.1, -0.05) is 12.8 Å². The first kappa shape index (κ1) is 16.7. The minimum Gasteiger partial charge on any atom is -0.492 e. The number of benzene rings is 1. The van der Waals surface area contributed by atoms with E-state index in [1.165, 1.54) is 24.3 Å². The van der Waals surface area contributed by atoms with Crippen LogP contribution in [0, 0.1) is 5.82 Å². The Hall–Kier alpha value is -1.18. The van der Waals surface area contributed by atoms with Gasteiger partial charge in [-0.05, 0) is 37.1 Å². The van der Waals surface area contributed by atoms with Crippen LogP contribution in [-0.4, -0.2) is 50.4 Å². The van der Waals surface area contributed by atoms with Crippen molar-refractivity contribution in [3.63, 3.8) is 0 Å². The largest absolute Gasteiger partial charge is 0.492 e. The summed E-state index contributed by atoms with van der Waals surface area (Å²) in [6, 6.07) is 5.53. The summed E-state index contributed by atoms with van der Waals surface area (Å²) < 4.78 is 50.8. The zero-order chi connectivity index (χ0) is 16.3. The predicted octanol–water partition coefficient (Wildman–Crippen LogP) is 2.18. The zero-order valence-electron chi connectivity index (χ0n) is 13.0. The monoisotopic (exact) mass is 343 g/mol. The van der Waals surface area contributed by atoms with Crippen molar-refractivity contribution in [2.75, 3.05) is 25.5 Å². The number of rotatable bonds is 5. The maximum absolute atomic E-state index is 12.8. The van der Waals surface area contributed by atoms with Crippen LogP contribution in [0.1, 0.15) is 25.7 Å². The minimum atomic E-state index is -3.38. The molecule has 1 saturated heterocycles. The highest BCUT2D eigenvalue weighted by Gasteiger charge is 2.39. The average Bonchev–Trinajstić information content (AvgIpc) is 2.56. The molecule has 1 aliphatic heterocycles. The van der Waals surface area contributed by atoms with Crippen molar-refractivity contribution in [1.82, 2.24) is 4.31 Å². The lowest BCUT2D eigenvalue weighted by atomic mass is 9.91. The van der Waals surface area contributed by atoms with E-state index in [2.05, 4.69) is 0 Å². The lowest BCUT2D eigenvalue weighted by Crippen LogP contribution is -2.55. The maximum Gasteiger partial charge on any atom is 0.217 e. The highest BCUT2D eigenvalue weighted by atomic mass is 32.2. The Morgan fingerprint density at radius 2 is 1.96 bits per heavy atom. The number of hydrogen-bond donors (Lipinski definition) is 0. The van der Waals surface area contributed by atoms with Crippen molar-refractivity contribution in [2.24, 2.45) is 0 Å². The molecule has 2 aliphatic rings. The van der Waals surface area contributed by atoms with Gasteiger partial charge in [-0.2, -0.15) is 4.31 Å². The van der Waals surface area contributed by atoms with Gasteiger partial charge in [0.1, 0.15) is 18.2 Å². The minimum absolute atomic E-state index is 0.0327. The average molecular weight is 343 g/mol. The molecule has 0 amide bonds. The van der Waals surface area contributed by atoms with Crippen molar-refractivity contribution < 1.29 is 22.3 Å². The summed E-state index contributed by atoms with van der Waals surface area (Å²) in [4.78, 5) is 0. The standard InChI is InChI=1S/C16H22FNO4S/c17-13-5-7-14(8-6-13)21-11-12-23(19,20)18-9-10-22-16-4-2-1-3-15(16)18/h5-8,15-16H,1-4,9-12H2. The molecule has 0 radical (unpaired) electrons. The Bertz CT molecular complexity index is 617. The molecule has 23 heavy (non-hydrogen) atoms. The molecule has 2 unspecified atom stereocenters. The molecular formula is C16H22FNO4S. The highest BCUT2D eigenvalue weighted by Crippen LogP contribution is 2.30. The van der Waals surface area contributed by atoms with Gasteiger partial charge >= 0.3 is 0 Å². The number of halogens is 1. The molecule has 5 nitrogen and oxygen atoms in total. The van der Waals surface area contributed by atoms with E-state index >= 15 is 0 Å². The second kappa shape index (κ2) is 7.15. The molecule has 128 valence electrons. The van der Waals surface area contributed by atoms with Crippen LogP contribution in [0.5, 0.6) is 5.75 Å². The van der Waals surface area contributed by atoms with Crippen LogP contribution >= 0.6 is 0 Å². The summed E-state index contributed by atoms with van der Waals surface area (Å²) in [6.07, 6.45) is 3.97. The van der Waals surface area contributed by atoms with Gasteiger partial charge in [-0.25, -0.2) is 12.8 Å². The van der Waals surface area contributed by atoms with E-state index < -0.39 is 10.0 Å². The molecule has 2 fully saturated rings. The first-order valence-corrected chi connectivity index (χ1v) is 9.67. The molecule has 1 heterocycles. The van der Waals surface area contributed by atoms with Crippen LogP contribution in [0.15, 0.2) is 24.3 Å². The molecule has 0 N–H and O–H groups in total. The molecule has 7 heteroatoms. The fraction of sp³-hybridized carbons (Fsp3) is 0.625. The van der Waals surface area contributed by atoms with Crippen molar-refractivity contribution in [3.05, 3.63) is 30.1 Å². The summed E-state index contributed by atoms with van der Waals surface area (Å²) in [7, 11) is -3.38. The van der Waals surface area contributed by atoms with E-state index in [0.717, 1.165) is 25.7 Å². The van der Waals surface area contributed by atoms with Gasteiger partial charge < -0.3 is 9.47 Å². The van der Waals surface area contributed by atoms with E-state index in [-0.39, 0.29) is 30.3 Å². The van der Waals surface area contributed by atoms with Crippen molar-refractivity contribution in [3.8, 4) is 5.75 Å². The smallest absolute Gasteiger partial charge is 0.217 e. The maximum atomic E-state index is 12.8. The van der Waals surface area contributed by atoms with Crippen molar-refractivity contribution in [2.45, 2.75) is 37.8 Å². The molecule has 0 aromatic heterocycles. The Kier molecular flexibility index (Phi) is 5.18.